The number of nitrogens with zero attached hydrogens (tertiary/aromatic N) is 4. The Hall–Kier alpha value is -2.50. The van der Waals surface area contributed by atoms with E-state index in [-0.39, 0.29) is 5.82 Å². The Morgan fingerprint density at radius 2 is 2.11 bits per heavy atom. The van der Waals surface area contributed by atoms with Crippen LogP contribution in [0.2, 0.25) is 0 Å². The van der Waals surface area contributed by atoms with Crippen LogP contribution < -0.4 is 5.32 Å². The first kappa shape index (κ1) is 11.6. The zero-order chi connectivity index (χ0) is 13.4. The fourth-order valence-corrected chi connectivity index (χ4v) is 1.90. The van der Waals surface area contributed by atoms with E-state index >= 15 is 0 Å². The maximum Gasteiger partial charge on any atom is 0.254 e. The van der Waals surface area contributed by atoms with Gasteiger partial charge in [-0.05, 0) is 26.0 Å². The van der Waals surface area contributed by atoms with Gasteiger partial charge in [0.1, 0.15) is 18.0 Å². The first-order valence-electron chi connectivity index (χ1n) is 5.84. The van der Waals surface area contributed by atoms with Crippen molar-refractivity contribution in [2.24, 2.45) is 0 Å². The highest BCUT2D eigenvalue weighted by molar-refractivity contribution is 5.62. The van der Waals surface area contributed by atoms with Gasteiger partial charge in [-0.15, -0.1) is 0 Å². The number of aryl methyl sites for hydroxylation is 1. The van der Waals surface area contributed by atoms with Crippen LogP contribution in [-0.2, 0) is 0 Å². The maximum atomic E-state index is 13.5. The third-order valence-corrected chi connectivity index (χ3v) is 2.91. The standard InChI is InChI=1S/C13H12FN5/c1-8-6-12(19-13(17-8)15-7-16-19)18-11-5-3-4-10(14)9(11)2/h3-7,18H,1-2H3. The lowest BCUT2D eigenvalue weighted by molar-refractivity contribution is 0.619. The van der Waals surface area contributed by atoms with E-state index in [9.17, 15) is 4.39 Å². The van der Waals surface area contributed by atoms with Gasteiger partial charge in [-0.25, -0.2) is 9.37 Å². The van der Waals surface area contributed by atoms with Crippen molar-refractivity contribution in [1.82, 2.24) is 19.6 Å². The van der Waals surface area contributed by atoms with Crippen LogP contribution in [0.3, 0.4) is 0 Å². The summed E-state index contributed by atoms with van der Waals surface area (Å²) in [5.74, 6) is 0.968. The largest absolute Gasteiger partial charge is 0.340 e. The summed E-state index contributed by atoms with van der Waals surface area (Å²) in [6.07, 6.45) is 1.44. The molecule has 5 nitrogen and oxygen atoms in total. The third kappa shape index (κ3) is 2.01. The molecule has 0 aliphatic heterocycles. The van der Waals surface area contributed by atoms with E-state index in [0.29, 0.717) is 22.8 Å². The lowest BCUT2D eigenvalue weighted by Crippen LogP contribution is -2.04. The van der Waals surface area contributed by atoms with Crippen molar-refractivity contribution in [2.45, 2.75) is 13.8 Å². The van der Waals surface area contributed by atoms with Crippen LogP contribution in [-0.4, -0.2) is 19.6 Å². The number of nitrogens with one attached hydrogen (secondary N) is 1. The second kappa shape index (κ2) is 4.31. The third-order valence-electron chi connectivity index (χ3n) is 2.91. The van der Waals surface area contributed by atoms with E-state index in [1.54, 1.807) is 17.5 Å². The summed E-state index contributed by atoms with van der Waals surface area (Å²) in [7, 11) is 0. The van der Waals surface area contributed by atoms with Gasteiger partial charge in [-0.1, -0.05) is 6.07 Å². The molecule has 0 saturated heterocycles. The minimum Gasteiger partial charge on any atom is -0.340 e. The second-order valence-corrected chi connectivity index (χ2v) is 4.29. The van der Waals surface area contributed by atoms with Gasteiger partial charge in [-0.3, -0.25) is 0 Å². The fourth-order valence-electron chi connectivity index (χ4n) is 1.90. The Bertz CT molecular complexity index is 750. The first-order valence-corrected chi connectivity index (χ1v) is 5.84. The molecule has 1 aromatic carbocycles. The molecule has 19 heavy (non-hydrogen) atoms. The summed E-state index contributed by atoms with van der Waals surface area (Å²) in [5, 5.41) is 7.26. The average molecular weight is 257 g/mol. The first-order chi connectivity index (χ1) is 9.15. The number of anilines is 2. The molecule has 0 unspecified atom stereocenters. The van der Waals surface area contributed by atoms with Gasteiger partial charge in [0.25, 0.3) is 5.78 Å². The van der Waals surface area contributed by atoms with Crippen LogP contribution in [0.15, 0.2) is 30.6 Å². The quantitative estimate of drug-likeness (QED) is 0.766. The van der Waals surface area contributed by atoms with Gasteiger partial charge in [0.15, 0.2) is 0 Å². The normalized spacial score (nSPS) is 10.9. The van der Waals surface area contributed by atoms with E-state index in [1.807, 2.05) is 19.1 Å². The molecule has 1 N–H and O–H groups in total. The van der Waals surface area contributed by atoms with Crippen molar-refractivity contribution >= 4 is 17.3 Å². The van der Waals surface area contributed by atoms with Crippen LogP contribution in [0.25, 0.3) is 5.78 Å². The molecule has 0 radical (unpaired) electrons. The molecule has 0 atom stereocenters. The highest BCUT2D eigenvalue weighted by atomic mass is 19.1. The lowest BCUT2D eigenvalue weighted by atomic mass is 10.2. The topological polar surface area (TPSA) is 55.1 Å². The molecule has 2 aromatic heterocycles. The molecule has 0 aliphatic carbocycles. The number of benzene rings is 1. The monoisotopic (exact) mass is 257 g/mol. The summed E-state index contributed by atoms with van der Waals surface area (Å²) >= 11 is 0. The van der Waals surface area contributed by atoms with Crippen LogP contribution >= 0.6 is 0 Å². The van der Waals surface area contributed by atoms with Gasteiger partial charge in [-0.2, -0.15) is 14.6 Å². The fraction of sp³-hybridized carbons (Fsp3) is 0.154. The molecule has 96 valence electrons. The minimum absolute atomic E-state index is 0.245. The van der Waals surface area contributed by atoms with E-state index in [0.717, 1.165) is 5.69 Å². The summed E-state index contributed by atoms with van der Waals surface area (Å²) in [6.45, 7) is 3.60. The van der Waals surface area contributed by atoms with Crippen LogP contribution in [0.1, 0.15) is 11.3 Å². The van der Waals surface area contributed by atoms with E-state index in [1.165, 1.54) is 12.4 Å². The van der Waals surface area contributed by atoms with E-state index in [4.69, 9.17) is 0 Å². The molecule has 0 spiro atoms. The van der Waals surface area contributed by atoms with E-state index in [2.05, 4.69) is 20.4 Å². The number of hydrogen-bond donors (Lipinski definition) is 1. The molecule has 3 rings (SSSR count). The summed E-state index contributed by atoms with van der Waals surface area (Å²) < 4.78 is 15.1. The Balaban J connectivity index is 2.10. The summed E-state index contributed by atoms with van der Waals surface area (Å²) in [5.41, 5.74) is 2.07. The molecule has 2 heterocycles. The number of rotatable bonds is 2. The van der Waals surface area contributed by atoms with Crippen LogP contribution in [0, 0.1) is 19.7 Å². The molecule has 0 bridgehead atoms. The number of aromatic nitrogens is 4. The zero-order valence-corrected chi connectivity index (χ0v) is 10.6. The highest BCUT2D eigenvalue weighted by Crippen LogP contribution is 2.22. The molecule has 0 aliphatic rings. The van der Waals surface area contributed by atoms with Crippen molar-refractivity contribution in [3.8, 4) is 0 Å². The number of fused-ring (bicyclic) bond motifs is 1. The second-order valence-electron chi connectivity index (χ2n) is 4.29. The van der Waals surface area contributed by atoms with E-state index < -0.39 is 0 Å². The predicted octanol–water partition coefficient (Wildman–Crippen LogP) is 2.62. The van der Waals surface area contributed by atoms with Gasteiger partial charge in [0.05, 0.1) is 0 Å². The Morgan fingerprint density at radius 3 is 2.95 bits per heavy atom. The number of hydrogen-bond acceptors (Lipinski definition) is 4. The lowest BCUT2D eigenvalue weighted by Gasteiger charge is -2.11. The SMILES string of the molecule is Cc1cc(Nc2cccc(F)c2C)n2ncnc2n1. The van der Waals surface area contributed by atoms with Crippen molar-refractivity contribution in [2.75, 3.05) is 5.32 Å². The molecule has 3 aromatic rings. The summed E-state index contributed by atoms with van der Waals surface area (Å²) in [4.78, 5) is 8.30. The van der Waals surface area contributed by atoms with Crippen molar-refractivity contribution in [1.29, 1.82) is 0 Å². The number of halogens is 1. The van der Waals surface area contributed by atoms with Gasteiger partial charge in [0.2, 0.25) is 0 Å². The van der Waals surface area contributed by atoms with Crippen LogP contribution in [0.5, 0.6) is 0 Å². The smallest absolute Gasteiger partial charge is 0.254 e. The van der Waals surface area contributed by atoms with Gasteiger partial charge < -0.3 is 5.32 Å². The zero-order valence-electron chi connectivity index (χ0n) is 10.6. The van der Waals surface area contributed by atoms with Crippen LogP contribution in [0.4, 0.5) is 15.9 Å². The molecular weight excluding hydrogens is 245 g/mol. The van der Waals surface area contributed by atoms with Gasteiger partial charge >= 0.3 is 0 Å². The minimum atomic E-state index is -0.245. The molecule has 0 amide bonds. The molecular formula is C13H12FN5. The summed E-state index contributed by atoms with van der Waals surface area (Å²) in [6, 6.07) is 6.75. The Kier molecular flexibility index (Phi) is 2.63. The molecule has 6 heteroatoms. The molecule has 0 saturated carbocycles. The Morgan fingerprint density at radius 1 is 1.26 bits per heavy atom. The highest BCUT2D eigenvalue weighted by Gasteiger charge is 2.08. The Labute approximate surface area is 109 Å². The average Bonchev–Trinajstić information content (AvgIpc) is 2.83. The van der Waals surface area contributed by atoms with Crippen molar-refractivity contribution < 1.29 is 4.39 Å². The van der Waals surface area contributed by atoms with Crippen molar-refractivity contribution in [3.05, 3.63) is 47.7 Å². The predicted molar refractivity (Wildman–Crippen MR) is 69.9 cm³/mol. The van der Waals surface area contributed by atoms with Gasteiger partial charge in [0, 0.05) is 23.0 Å². The van der Waals surface area contributed by atoms with Crippen molar-refractivity contribution in [3.63, 3.8) is 0 Å². The maximum absolute atomic E-state index is 13.5. The molecule has 0 fully saturated rings.